The van der Waals surface area contributed by atoms with E-state index in [0.717, 1.165) is 25.7 Å². The lowest BCUT2D eigenvalue weighted by Gasteiger charge is -2.21. The van der Waals surface area contributed by atoms with Gasteiger partial charge in [-0.1, -0.05) is 18.9 Å². The number of nitrogens with zero attached hydrogens (tertiary/aromatic N) is 1. The minimum absolute atomic E-state index is 0.0818. The summed E-state index contributed by atoms with van der Waals surface area (Å²) >= 11 is 0. The summed E-state index contributed by atoms with van der Waals surface area (Å²) in [6, 6.07) is 4.08. The summed E-state index contributed by atoms with van der Waals surface area (Å²) in [6.07, 6.45) is 3.70. The largest absolute Gasteiger partial charge is 0.397 e. The minimum atomic E-state index is -3.74. The van der Waals surface area contributed by atoms with Crippen LogP contribution in [-0.2, 0) is 10.2 Å². The van der Waals surface area contributed by atoms with E-state index in [1.807, 2.05) is 0 Å². The Labute approximate surface area is 112 Å². The van der Waals surface area contributed by atoms with E-state index < -0.39 is 16.0 Å². The molecule has 106 valence electrons. The fourth-order valence-corrected chi connectivity index (χ4v) is 3.47. The minimum Gasteiger partial charge on any atom is -0.397 e. The third-order valence-corrected chi connectivity index (χ3v) is 4.69. The standard InChI is InChI=1S/C12H18FN3O2S/c13-10-6-5-7-11(14)12(10)15-19(17,18)16-8-3-1-2-4-9-16/h5-7,15H,1-4,8-9,14H2. The van der Waals surface area contributed by atoms with Crippen molar-refractivity contribution in [3.05, 3.63) is 24.0 Å². The number of nitrogens with one attached hydrogen (secondary N) is 1. The zero-order valence-electron chi connectivity index (χ0n) is 10.6. The highest BCUT2D eigenvalue weighted by Crippen LogP contribution is 2.24. The van der Waals surface area contributed by atoms with Crippen molar-refractivity contribution >= 4 is 21.6 Å². The van der Waals surface area contributed by atoms with E-state index in [4.69, 9.17) is 5.73 Å². The molecule has 0 atom stereocenters. The topological polar surface area (TPSA) is 75.4 Å². The number of hydrogen-bond donors (Lipinski definition) is 2. The molecule has 0 amide bonds. The van der Waals surface area contributed by atoms with E-state index in [1.165, 1.54) is 22.5 Å². The first-order valence-corrected chi connectivity index (χ1v) is 7.76. The van der Waals surface area contributed by atoms with Crippen LogP contribution in [-0.4, -0.2) is 25.8 Å². The number of anilines is 2. The van der Waals surface area contributed by atoms with Crippen molar-refractivity contribution in [1.29, 1.82) is 0 Å². The van der Waals surface area contributed by atoms with Crippen molar-refractivity contribution in [1.82, 2.24) is 4.31 Å². The molecular formula is C12H18FN3O2S. The lowest BCUT2D eigenvalue weighted by molar-refractivity contribution is 0.427. The normalized spacial score (nSPS) is 17.9. The summed E-state index contributed by atoms with van der Waals surface area (Å²) in [5, 5.41) is 0. The Kier molecular flexibility index (Phi) is 4.26. The van der Waals surface area contributed by atoms with Gasteiger partial charge in [0, 0.05) is 13.1 Å². The van der Waals surface area contributed by atoms with Crippen LogP contribution in [0, 0.1) is 5.82 Å². The molecule has 3 N–H and O–H groups in total. The van der Waals surface area contributed by atoms with E-state index in [0.29, 0.717) is 13.1 Å². The Morgan fingerprint density at radius 3 is 2.37 bits per heavy atom. The molecule has 1 fully saturated rings. The average molecular weight is 287 g/mol. The fraction of sp³-hybridized carbons (Fsp3) is 0.500. The SMILES string of the molecule is Nc1cccc(F)c1NS(=O)(=O)N1CCCCCC1. The average Bonchev–Trinajstić information content (AvgIpc) is 2.63. The van der Waals surface area contributed by atoms with Crippen LogP contribution in [0.5, 0.6) is 0 Å². The number of para-hydroxylation sites is 1. The molecule has 1 aromatic carbocycles. The number of halogens is 1. The van der Waals surface area contributed by atoms with Crippen molar-refractivity contribution in [3.63, 3.8) is 0 Å². The molecular weight excluding hydrogens is 269 g/mol. The van der Waals surface area contributed by atoms with E-state index in [1.54, 1.807) is 0 Å². The first kappa shape index (κ1) is 14.1. The highest BCUT2D eigenvalue weighted by atomic mass is 32.2. The van der Waals surface area contributed by atoms with Crippen molar-refractivity contribution in [2.75, 3.05) is 23.5 Å². The lowest BCUT2D eigenvalue weighted by atomic mass is 10.2. The monoisotopic (exact) mass is 287 g/mol. The van der Waals surface area contributed by atoms with Crippen LogP contribution < -0.4 is 10.5 Å². The Balaban J connectivity index is 2.20. The number of rotatable bonds is 3. The molecule has 0 saturated carbocycles. The van der Waals surface area contributed by atoms with Crippen LogP contribution in [0.4, 0.5) is 15.8 Å². The van der Waals surface area contributed by atoms with Crippen LogP contribution in [0.1, 0.15) is 25.7 Å². The van der Waals surface area contributed by atoms with Gasteiger partial charge in [0.25, 0.3) is 0 Å². The van der Waals surface area contributed by atoms with Crippen LogP contribution in [0.3, 0.4) is 0 Å². The maximum absolute atomic E-state index is 13.6. The Morgan fingerprint density at radius 1 is 1.16 bits per heavy atom. The van der Waals surface area contributed by atoms with E-state index in [9.17, 15) is 12.8 Å². The third kappa shape index (κ3) is 3.36. The van der Waals surface area contributed by atoms with Gasteiger partial charge < -0.3 is 5.73 Å². The maximum atomic E-state index is 13.6. The van der Waals surface area contributed by atoms with Crippen LogP contribution >= 0.6 is 0 Å². The summed E-state index contributed by atoms with van der Waals surface area (Å²) in [4.78, 5) is 0. The third-order valence-electron chi connectivity index (χ3n) is 3.18. The molecule has 2 rings (SSSR count). The first-order chi connectivity index (χ1) is 9.00. The molecule has 1 heterocycles. The Morgan fingerprint density at radius 2 is 1.79 bits per heavy atom. The lowest BCUT2D eigenvalue weighted by Crippen LogP contribution is -2.36. The molecule has 0 radical (unpaired) electrons. The Hall–Kier alpha value is -1.34. The molecule has 0 aromatic heterocycles. The van der Waals surface area contributed by atoms with Crippen LogP contribution in [0.15, 0.2) is 18.2 Å². The number of hydrogen-bond acceptors (Lipinski definition) is 3. The molecule has 0 spiro atoms. The quantitative estimate of drug-likeness (QED) is 0.834. The van der Waals surface area contributed by atoms with Crippen molar-refractivity contribution in [2.45, 2.75) is 25.7 Å². The van der Waals surface area contributed by atoms with Gasteiger partial charge in [-0.2, -0.15) is 12.7 Å². The molecule has 5 nitrogen and oxygen atoms in total. The van der Waals surface area contributed by atoms with E-state index in [-0.39, 0.29) is 11.4 Å². The van der Waals surface area contributed by atoms with Gasteiger partial charge in [-0.25, -0.2) is 4.39 Å². The van der Waals surface area contributed by atoms with Crippen molar-refractivity contribution in [3.8, 4) is 0 Å². The maximum Gasteiger partial charge on any atom is 0.301 e. The molecule has 1 aliphatic rings. The molecule has 0 aliphatic carbocycles. The van der Waals surface area contributed by atoms with Gasteiger partial charge in [-0.15, -0.1) is 0 Å². The molecule has 19 heavy (non-hydrogen) atoms. The van der Waals surface area contributed by atoms with Gasteiger partial charge in [0.1, 0.15) is 11.5 Å². The van der Waals surface area contributed by atoms with Crippen LogP contribution in [0.25, 0.3) is 0 Å². The summed E-state index contributed by atoms with van der Waals surface area (Å²) < 4.78 is 41.6. The number of benzene rings is 1. The second-order valence-corrected chi connectivity index (χ2v) is 6.30. The molecule has 1 saturated heterocycles. The van der Waals surface area contributed by atoms with E-state index in [2.05, 4.69) is 4.72 Å². The highest BCUT2D eigenvalue weighted by molar-refractivity contribution is 7.90. The predicted octanol–water partition coefficient (Wildman–Crippen LogP) is 1.94. The molecule has 0 bridgehead atoms. The van der Waals surface area contributed by atoms with Crippen LogP contribution in [0.2, 0.25) is 0 Å². The number of nitrogens with two attached hydrogens (primary N) is 1. The highest BCUT2D eigenvalue weighted by Gasteiger charge is 2.24. The zero-order valence-corrected chi connectivity index (χ0v) is 11.4. The fourth-order valence-electron chi connectivity index (χ4n) is 2.12. The molecule has 1 aliphatic heterocycles. The summed E-state index contributed by atoms with van der Waals surface area (Å²) in [7, 11) is -3.74. The second-order valence-electron chi connectivity index (χ2n) is 4.62. The summed E-state index contributed by atoms with van der Waals surface area (Å²) in [5.74, 6) is -0.668. The van der Waals surface area contributed by atoms with Gasteiger partial charge in [-0.05, 0) is 25.0 Å². The predicted molar refractivity (Wildman–Crippen MR) is 73.4 cm³/mol. The van der Waals surface area contributed by atoms with Crippen molar-refractivity contribution in [2.24, 2.45) is 0 Å². The summed E-state index contributed by atoms with van der Waals surface area (Å²) in [6.45, 7) is 0.924. The molecule has 0 unspecified atom stereocenters. The van der Waals surface area contributed by atoms with Gasteiger partial charge >= 0.3 is 10.2 Å². The summed E-state index contributed by atoms with van der Waals surface area (Å²) in [5.41, 5.74) is 5.51. The van der Waals surface area contributed by atoms with Gasteiger partial charge in [0.15, 0.2) is 0 Å². The first-order valence-electron chi connectivity index (χ1n) is 6.32. The van der Waals surface area contributed by atoms with Gasteiger partial charge in [0.05, 0.1) is 5.69 Å². The van der Waals surface area contributed by atoms with Gasteiger partial charge in [-0.3, -0.25) is 4.72 Å². The van der Waals surface area contributed by atoms with Crippen molar-refractivity contribution < 1.29 is 12.8 Å². The second kappa shape index (κ2) is 5.75. The molecule has 1 aromatic rings. The number of nitrogen functional groups attached to an aromatic ring is 1. The van der Waals surface area contributed by atoms with E-state index >= 15 is 0 Å². The molecule has 7 heteroatoms. The zero-order chi connectivity index (χ0) is 13.9. The Bertz CT molecular complexity index is 520. The smallest absolute Gasteiger partial charge is 0.301 e. The van der Waals surface area contributed by atoms with Gasteiger partial charge in [0.2, 0.25) is 0 Å².